The molecule has 0 radical (unpaired) electrons. The van der Waals surface area contributed by atoms with Gasteiger partial charge in [-0.15, -0.1) is 12.4 Å². The van der Waals surface area contributed by atoms with Crippen LogP contribution in [0.1, 0.15) is 23.7 Å². The Hall–Kier alpha value is -1.60. The molecule has 1 amide bonds. The summed E-state index contributed by atoms with van der Waals surface area (Å²) >= 11 is 0. The Balaban J connectivity index is 0.00000441. The fourth-order valence-corrected chi connectivity index (χ4v) is 1.67. The Morgan fingerprint density at radius 2 is 2.00 bits per heavy atom. The molecule has 0 saturated heterocycles. The highest BCUT2D eigenvalue weighted by atomic mass is 35.5. The first-order valence-electron chi connectivity index (χ1n) is 6.39. The van der Waals surface area contributed by atoms with Crippen molar-refractivity contribution in [2.24, 2.45) is 11.7 Å². The first kappa shape index (κ1) is 20.4. The van der Waals surface area contributed by atoms with Crippen LogP contribution in [-0.4, -0.2) is 30.7 Å². The smallest absolute Gasteiger partial charge is 0.277 e. The Morgan fingerprint density at radius 1 is 1.36 bits per heavy atom. The number of ketones is 1. The number of carbonyl (C=O) groups excluding carboxylic acids is 2. The molecule has 1 rings (SSSR count). The number of benzene rings is 1. The van der Waals surface area contributed by atoms with E-state index in [1.807, 2.05) is 5.32 Å². The van der Waals surface area contributed by atoms with Crippen molar-refractivity contribution < 1.29 is 22.8 Å². The Kier molecular flexibility index (Phi) is 8.11. The molecule has 0 bridgehead atoms. The molecule has 1 atom stereocenters. The topological polar surface area (TPSA) is 72.2 Å². The number of hydrogen-bond donors (Lipinski definition) is 2. The van der Waals surface area contributed by atoms with E-state index in [1.54, 1.807) is 0 Å². The number of carbonyl (C=O) groups is 2. The highest BCUT2D eigenvalue weighted by molar-refractivity contribution is 5.99. The van der Waals surface area contributed by atoms with Gasteiger partial charge in [0.15, 0.2) is 5.78 Å². The highest BCUT2D eigenvalue weighted by Gasteiger charge is 2.28. The van der Waals surface area contributed by atoms with Crippen molar-refractivity contribution in [3.8, 4) is 0 Å². The lowest BCUT2D eigenvalue weighted by Gasteiger charge is -2.16. The molecule has 0 aliphatic carbocycles. The number of rotatable bonds is 7. The van der Waals surface area contributed by atoms with Crippen molar-refractivity contribution >= 4 is 24.1 Å². The molecule has 1 unspecified atom stereocenters. The molecule has 0 aromatic heterocycles. The zero-order chi connectivity index (χ0) is 16.0. The summed E-state index contributed by atoms with van der Waals surface area (Å²) in [7, 11) is 0. The van der Waals surface area contributed by atoms with Crippen LogP contribution in [0.4, 0.5) is 13.2 Å². The third-order valence-corrected chi connectivity index (χ3v) is 2.89. The van der Waals surface area contributed by atoms with E-state index in [4.69, 9.17) is 5.73 Å². The van der Waals surface area contributed by atoms with E-state index >= 15 is 0 Å². The fraction of sp³-hybridized carbons (Fsp3) is 0.429. The lowest BCUT2D eigenvalue weighted by atomic mass is 9.96. The molecule has 0 aliphatic rings. The van der Waals surface area contributed by atoms with Crippen molar-refractivity contribution in [1.82, 2.24) is 5.32 Å². The van der Waals surface area contributed by atoms with Crippen LogP contribution in [0.15, 0.2) is 24.3 Å². The second-order valence-electron chi connectivity index (χ2n) is 4.82. The highest BCUT2D eigenvalue weighted by Crippen LogP contribution is 2.14. The lowest BCUT2D eigenvalue weighted by Crippen LogP contribution is -2.42. The minimum absolute atomic E-state index is 0. The minimum atomic E-state index is -3.18. The molecule has 0 fully saturated rings. The SMILES string of the molecule is CC(CC(=O)NCC(F)(F)CN)C(=O)c1cccc(F)c1.Cl. The first-order chi connectivity index (χ1) is 9.75. The number of amides is 1. The average Bonchev–Trinajstić information content (AvgIpc) is 2.44. The van der Waals surface area contributed by atoms with Gasteiger partial charge in [-0.1, -0.05) is 19.1 Å². The minimum Gasteiger partial charge on any atom is -0.350 e. The maximum absolute atomic E-state index is 13.0. The molecule has 4 nitrogen and oxygen atoms in total. The molecule has 0 spiro atoms. The normalized spacial score (nSPS) is 12.2. The second kappa shape index (κ2) is 8.75. The largest absolute Gasteiger partial charge is 0.350 e. The number of Topliss-reactive ketones (excluding diaryl/α,β-unsaturated/α-hetero) is 1. The van der Waals surface area contributed by atoms with Gasteiger partial charge in [0.2, 0.25) is 5.91 Å². The van der Waals surface area contributed by atoms with Gasteiger partial charge in [-0.25, -0.2) is 13.2 Å². The molecule has 124 valence electrons. The quantitative estimate of drug-likeness (QED) is 0.748. The zero-order valence-corrected chi connectivity index (χ0v) is 12.8. The van der Waals surface area contributed by atoms with Gasteiger partial charge in [-0.2, -0.15) is 0 Å². The van der Waals surface area contributed by atoms with E-state index in [-0.39, 0.29) is 24.4 Å². The van der Waals surface area contributed by atoms with Gasteiger partial charge in [-0.3, -0.25) is 9.59 Å². The molecule has 8 heteroatoms. The second-order valence-corrected chi connectivity index (χ2v) is 4.82. The molecule has 22 heavy (non-hydrogen) atoms. The van der Waals surface area contributed by atoms with Crippen LogP contribution >= 0.6 is 12.4 Å². The molecule has 1 aromatic carbocycles. The fourth-order valence-electron chi connectivity index (χ4n) is 1.67. The average molecular weight is 339 g/mol. The Morgan fingerprint density at radius 3 is 2.55 bits per heavy atom. The molecule has 0 aliphatic heterocycles. The molecule has 0 saturated carbocycles. The van der Waals surface area contributed by atoms with Crippen LogP contribution in [0.5, 0.6) is 0 Å². The number of nitrogens with two attached hydrogens (primary N) is 1. The van der Waals surface area contributed by atoms with Crippen LogP contribution < -0.4 is 11.1 Å². The lowest BCUT2D eigenvalue weighted by molar-refractivity contribution is -0.123. The standard InChI is InChI=1S/C14H17F3N2O2.ClH/c1-9(5-12(20)19-8-14(16,17)7-18)13(21)10-3-2-4-11(15)6-10;/h2-4,6,9H,5,7-8,18H2,1H3,(H,19,20);1H. The van der Waals surface area contributed by atoms with E-state index < -0.39 is 42.4 Å². The van der Waals surface area contributed by atoms with Gasteiger partial charge in [0.1, 0.15) is 5.82 Å². The third kappa shape index (κ3) is 6.44. The van der Waals surface area contributed by atoms with E-state index in [0.29, 0.717) is 0 Å². The van der Waals surface area contributed by atoms with E-state index in [1.165, 1.54) is 25.1 Å². The van der Waals surface area contributed by atoms with Gasteiger partial charge in [0, 0.05) is 17.9 Å². The first-order valence-corrected chi connectivity index (χ1v) is 6.39. The summed E-state index contributed by atoms with van der Waals surface area (Å²) in [5, 5.41) is 2.03. The number of halogens is 4. The van der Waals surface area contributed by atoms with E-state index in [2.05, 4.69) is 0 Å². The van der Waals surface area contributed by atoms with E-state index in [0.717, 1.165) is 6.07 Å². The van der Waals surface area contributed by atoms with Gasteiger partial charge in [0.25, 0.3) is 5.92 Å². The molecule has 3 N–H and O–H groups in total. The zero-order valence-electron chi connectivity index (χ0n) is 11.9. The Labute approximate surface area is 132 Å². The molecular weight excluding hydrogens is 321 g/mol. The predicted molar refractivity (Wildman–Crippen MR) is 78.8 cm³/mol. The summed E-state index contributed by atoms with van der Waals surface area (Å²) in [6, 6.07) is 5.09. The monoisotopic (exact) mass is 338 g/mol. The number of nitrogens with one attached hydrogen (secondary N) is 1. The van der Waals surface area contributed by atoms with Crippen LogP contribution in [0, 0.1) is 11.7 Å². The third-order valence-electron chi connectivity index (χ3n) is 2.89. The van der Waals surface area contributed by atoms with Gasteiger partial charge in [-0.05, 0) is 12.1 Å². The number of hydrogen-bond acceptors (Lipinski definition) is 3. The summed E-state index contributed by atoms with van der Waals surface area (Å²) in [5.74, 6) is -5.57. The van der Waals surface area contributed by atoms with Crippen molar-refractivity contribution in [3.05, 3.63) is 35.6 Å². The van der Waals surface area contributed by atoms with Gasteiger partial charge < -0.3 is 11.1 Å². The maximum atomic E-state index is 13.0. The molecule has 0 heterocycles. The van der Waals surface area contributed by atoms with Crippen molar-refractivity contribution in [1.29, 1.82) is 0 Å². The molecular formula is C14H18ClF3N2O2. The Bertz CT molecular complexity index is 527. The molecule has 1 aromatic rings. The van der Waals surface area contributed by atoms with Crippen LogP contribution in [-0.2, 0) is 4.79 Å². The van der Waals surface area contributed by atoms with Gasteiger partial charge >= 0.3 is 0 Å². The summed E-state index contributed by atoms with van der Waals surface area (Å²) < 4.78 is 38.8. The van der Waals surface area contributed by atoms with Crippen molar-refractivity contribution in [3.63, 3.8) is 0 Å². The van der Waals surface area contributed by atoms with Crippen LogP contribution in [0.2, 0.25) is 0 Å². The van der Waals surface area contributed by atoms with Crippen molar-refractivity contribution in [2.75, 3.05) is 13.1 Å². The summed E-state index contributed by atoms with van der Waals surface area (Å²) in [4.78, 5) is 23.5. The summed E-state index contributed by atoms with van der Waals surface area (Å²) in [6.45, 7) is -0.262. The van der Waals surface area contributed by atoms with Crippen molar-refractivity contribution in [2.45, 2.75) is 19.3 Å². The maximum Gasteiger partial charge on any atom is 0.277 e. The number of alkyl halides is 2. The summed E-state index contributed by atoms with van der Waals surface area (Å²) in [5.41, 5.74) is 4.98. The van der Waals surface area contributed by atoms with Crippen LogP contribution in [0.3, 0.4) is 0 Å². The predicted octanol–water partition coefficient (Wildman–Crippen LogP) is 2.17. The van der Waals surface area contributed by atoms with E-state index in [9.17, 15) is 22.8 Å². The van der Waals surface area contributed by atoms with Crippen LogP contribution in [0.25, 0.3) is 0 Å². The van der Waals surface area contributed by atoms with Gasteiger partial charge in [0.05, 0.1) is 13.1 Å². The summed E-state index contributed by atoms with van der Waals surface area (Å²) in [6.07, 6.45) is -0.254.